The van der Waals surface area contributed by atoms with Gasteiger partial charge in [-0.2, -0.15) is 5.10 Å². The molecule has 0 bridgehead atoms. The summed E-state index contributed by atoms with van der Waals surface area (Å²) in [4.78, 5) is 4.47. The fourth-order valence-corrected chi connectivity index (χ4v) is 2.28. The Kier molecular flexibility index (Phi) is 3.47. The maximum atomic E-state index is 4.47. The van der Waals surface area contributed by atoms with Gasteiger partial charge in [0.05, 0.1) is 16.7 Å². The minimum atomic E-state index is 0.190. The van der Waals surface area contributed by atoms with Crippen molar-refractivity contribution in [3.05, 3.63) is 28.3 Å². The van der Waals surface area contributed by atoms with Crippen LogP contribution in [-0.4, -0.2) is 14.8 Å². The molecule has 1 unspecified atom stereocenters. The lowest BCUT2D eigenvalue weighted by atomic mass is 10.2. The molecule has 0 aliphatic carbocycles. The standard InChI is InChI=1S/C12H18N4S/c1-8(2)16-6-5-12(15-16)13-9(3)11-7-17-10(4)14-11/h5-9H,1-4H3,(H,13,15). The number of nitrogens with zero attached hydrogens (tertiary/aromatic N) is 3. The second-order valence-corrected chi connectivity index (χ2v) is 5.49. The molecule has 0 aliphatic rings. The number of thiazole rings is 1. The third kappa shape index (κ3) is 2.85. The van der Waals surface area contributed by atoms with Crippen LogP contribution in [0.3, 0.4) is 0 Å². The molecule has 0 saturated heterocycles. The third-order valence-electron chi connectivity index (χ3n) is 2.58. The highest BCUT2D eigenvalue weighted by Gasteiger charge is 2.10. The number of aryl methyl sites for hydroxylation is 1. The number of rotatable bonds is 4. The number of aromatic nitrogens is 3. The van der Waals surface area contributed by atoms with Gasteiger partial charge in [0.2, 0.25) is 0 Å². The Morgan fingerprint density at radius 2 is 2.12 bits per heavy atom. The van der Waals surface area contributed by atoms with Crippen molar-refractivity contribution in [2.24, 2.45) is 0 Å². The maximum absolute atomic E-state index is 4.47. The van der Waals surface area contributed by atoms with Gasteiger partial charge in [0.25, 0.3) is 0 Å². The molecule has 17 heavy (non-hydrogen) atoms. The van der Waals surface area contributed by atoms with Gasteiger partial charge in [0.15, 0.2) is 0 Å². The molecular formula is C12H18N4S. The van der Waals surface area contributed by atoms with Crippen molar-refractivity contribution in [2.75, 3.05) is 5.32 Å². The van der Waals surface area contributed by atoms with Crippen LogP contribution in [0.25, 0.3) is 0 Å². The molecule has 2 aromatic heterocycles. The molecule has 0 radical (unpaired) electrons. The summed E-state index contributed by atoms with van der Waals surface area (Å²) in [5.41, 5.74) is 1.08. The maximum Gasteiger partial charge on any atom is 0.148 e. The second kappa shape index (κ2) is 4.87. The van der Waals surface area contributed by atoms with Crippen LogP contribution in [0.15, 0.2) is 17.6 Å². The summed E-state index contributed by atoms with van der Waals surface area (Å²) < 4.78 is 1.95. The van der Waals surface area contributed by atoms with Crippen molar-refractivity contribution < 1.29 is 0 Å². The Hall–Kier alpha value is -1.36. The van der Waals surface area contributed by atoms with Gasteiger partial charge < -0.3 is 5.32 Å². The average molecular weight is 250 g/mol. The normalized spacial score (nSPS) is 13.0. The van der Waals surface area contributed by atoms with Crippen molar-refractivity contribution in [2.45, 2.75) is 39.8 Å². The Morgan fingerprint density at radius 3 is 2.65 bits per heavy atom. The van der Waals surface area contributed by atoms with Gasteiger partial charge in [-0.3, -0.25) is 4.68 Å². The van der Waals surface area contributed by atoms with E-state index in [2.05, 4.69) is 41.6 Å². The van der Waals surface area contributed by atoms with Crippen LogP contribution >= 0.6 is 11.3 Å². The summed E-state index contributed by atoms with van der Waals surface area (Å²) in [7, 11) is 0. The lowest BCUT2D eigenvalue weighted by Crippen LogP contribution is -2.09. The van der Waals surface area contributed by atoms with Crippen molar-refractivity contribution in [1.82, 2.24) is 14.8 Å². The molecule has 2 aromatic rings. The van der Waals surface area contributed by atoms with E-state index in [1.807, 2.05) is 23.9 Å². The van der Waals surface area contributed by atoms with E-state index in [0.717, 1.165) is 16.5 Å². The van der Waals surface area contributed by atoms with Gasteiger partial charge in [0, 0.05) is 23.7 Å². The number of anilines is 1. The monoisotopic (exact) mass is 250 g/mol. The largest absolute Gasteiger partial charge is 0.360 e. The van der Waals surface area contributed by atoms with Gasteiger partial charge in [-0.25, -0.2) is 4.98 Å². The molecule has 2 rings (SSSR count). The summed E-state index contributed by atoms with van der Waals surface area (Å²) >= 11 is 1.68. The molecule has 0 spiro atoms. The topological polar surface area (TPSA) is 42.7 Å². The zero-order valence-corrected chi connectivity index (χ0v) is 11.5. The highest BCUT2D eigenvalue weighted by atomic mass is 32.1. The zero-order chi connectivity index (χ0) is 12.4. The molecule has 0 saturated carbocycles. The highest BCUT2D eigenvalue weighted by molar-refractivity contribution is 7.09. The van der Waals surface area contributed by atoms with E-state index < -0.39 is 0 Å². The van der Waals surface area contributed by atoms with E-state index in [-0.39, 0.29) is 6.04 Å². The van der Waals surface area contributed by atoms with E-state index >= 15 is 0 Å². The fraction of sp³-hybridized carbons (Fsp3) is 0.500. The Bertz CT molecular complexity index is 486. The van der Waals surface area contributed by atoms with Crippen molar-refractivity contribution in [1.29, 1.82) is 0 Å². The van der Waals surface area contributed by atoms with Crippen LogP contribution in [-0.2, 0) is 0 Å². The third-order valence-corrected chi connectivity index (χ3v) is 3.37. The smallest absolute Gasteiger partial charge is 0.148 e. The van der Waals surface area contributed by atoms with E-state index in [4.69, 9.17) is 0 Å². The van der Waals surface area contributed by atoms with E-state index in [1.54, 1.807) is 11.3 Å². The first-order valence-electron chi connectivity index (χ1n) is 5.80. The molecule has 1 N–H and O–H groups in total. The van der Waals surface area contributed by atoms with E-state index in [0.29, 0.717) is 6.04 Å². The Balaban J connectivity index is 2.05. The lowest BCUT2D eigenvalue weighted by molar-refractivity contribution is 0.533. The predicted molar refractivity (Wildman–Crippen MR) is 71.5 cm³/mol. The second-order valence-electron chi connectivity index (χ2n) is 4.43. The Labute approximate surface area is 106 Å². The quantitative estimate of drug-likeness (QED) is 0.904. The number of nitrogens with one attached hydrogen (secondary N) is 1. The van der Waals surface area contributed by atoms with Gasteiger partial charge in [-0.05, 0) is 27.7 Å². The predicted octanol–water partition coefficient (Wildman–Crippen LogP) is 3.40. The molecule has 0 fully saturated rings. The number of hydrogen-bond donors (Lipinski definition) is 1. The SMILES string of the molecule is Cc1nc(C(C)Nc2ccn(C(C)C)n2)cs1. The van der Waals surface area contributed by atoms with Gasteiger partial charge in [-0.1, -0.05) is 0 Å². The van der Waals surface area contributed by atoms with Gasteiger partial charge in [0.1, 0.15) is 5.82 Å². The van der Waals surface area contributed by atoms with E-state index in [9.17, 15) is 0 Å². The molecular weight excluding hydrogens is 232 g/mol. The molecule has 0 aromatic carbocycles. The summed E-state index contributed by atoms with van der Waals surface area (Å²) in [6.45, 7) is 8.35. The van der Waals surface area contributed by atoms with Crippen LogP contribution < -0.4 is 5.32 Å². The molecule has 4 nitrogen and oxygen atoms in total. The minimum absolute atomic E-state index is 0.190. The van der Waals surface area contributed by atoms with Gasteiger partial charge in [-0.15, -0.1) is 11.3 Å². The zero-order valence-electron chi connectivity index (χ0n) is 10.6. The summed E-state index contributed by atoms with van der Waals surface area (Å²) in [6, 6.07) is 2.58. The molecule has 92 valence electrons. The first-order chi connectivity index (χ1) is 8.06. The molecule has 0 amide bonds. The first-order valence-corrected chi connectivity index (χ1v) is 6.68. The van der Waals surface area contributed by atoms with Gasteiger partial charge >= 0.3 is 0 Å². The first kappa shape index (κ1) is 12.1. The summed E-state index contributed by atoms with van der Waals surface area (Å²) in [5, 5.41) is 11.0. The van der Waals surface area contributed by atoms with E-state index in [1.165, 1.54) is 0 Å². The van der Waals surface area contributed by atoms with Crippen molar-refractivity contribution in [3.8, 4) is 0 Å². The Morgan fingerprint density at radius 1 is 1.35 bits per heavy atom. The van der Waals surface area contributed by atoms with Crippen molar-refractivity contribution in [3.63, 3.8) is 0 Å². The highest BCUT2D eigenvalue weighted by Crippen LogP contribution is 2.20. The van der Waals surface area contributed by atoms with Crippen molar-refractivity contribution >= 4 is 17.2 Å². The summed E-state index contributed by atoms with van der Waals surface area (Å²) in [6.07, 6.45) is 1.99. The van der Waals surface area contributed by atoms with Crippen LogP contribution in [0.4, 0.5) is 5.82 Å². The van der Waals surface area contributed by atoms with Crippen LogP contribution in [0, 0.1) is 6.92 Å². The molecule has 0 aliphatic heterocycles. The number of hydrogen-bond acceptors (Lipinski definition) is 4. The average Bonchev–Trinajstić information content (AvgIpc) is 2.86. The van der Waals surface area contributed by atoms with Crippen LogP contribution in [0.2, 0.25) is 0 Å². The molecule has 2 heterocycles. The van der Waals surface area contributed by atoms with Crippen LogP contribution in [0.1, 0.15) is 43.6 Å². The fourth-order valence-electron chi connectivity index (χ4n) is 1.58. The lowest BCUT2D eigenvalue weighted by Gasteiger charge is -2.10. The van der Waals surface area contributed by atoms with Crippen LogP contribution in [0.5, 0.6) is 0 Å². The molecule has 5 heteroatoms. The molecule has 1 atom stereocenters. The summed E-state index contributed by atoms with van der Waals surface area (Å²) in [5.74, 6) is 0.900. The minimum Gasteiger partial charge on any atom is -0.360 e.